The van der Waals surface area contributed by atoms with E-state index in [1.807, 2.05) is 12.2 Å². The fourth-order valence-corrected chi connectivity index (χ4v) is 1.02. The van der Waals surface area contributed by atoms with Crippen molar-refractivity contribution in [3.8, 4) is 0 Å². The van der Waals surface area contributed by atoms with Crippen LogP contribution in [0.25, 0.3) is 0 Å². The monoisotopic (exact) mass is 255 g/mol. The maximum absolute atomic E-state index is 11.8. The summed E-state index contributed by atoms with van der Waals surface area (Å²) in [6.07, 6.45) is -1.24. The predicted molar refractivity (Wildman–Crippen MR) is 52.6 cm³/mol. The van der Waals surface area contributed by atoms with E-state index in [-0.39, 0.29) is 56.9 Å². The molecule has 0 radical (unpaired) electrons. The zero-order valence-electron chi connectivity index (χ0n) is 9.14. The molecule has 1 N–H and O–H groups in total. The summed E-state index contributed by atoms with van der Waals surface area (Å²) in [6, 6.07) is 6.34. The van der Waals surface area contributed by atoms with Crippen LogP contribution in [0.2, 0.25) is 0 Å². The summed E-state index contributed by atoms with van der Waals surface area (Å²) >= 11 is 0. The summed E-state index contributed by atoms with van der Waals surface area (Å²) in [5.41, 5.74) is 1.19. The van der Waals surface area contributed by atoms with Gasteiger partial charge >= 0.3 is 58.4 Å². The fraction of sp³-hybridized carbons (Fsp3) is 0.222. The summed E-state index contributed by atoms with van der Waals surface area (Å²) in [5.74, 6) is -0.700. The van der Waals surface area contributed by atoms with E-state index < -0.39 is 19.3 Å². The van der Waals surface area contributed by atoms with Crippen molar-refractivity contribution in [3.63, 3.8) is 0 Å². The number of nitrogens with one attached hydrogen (secondary N) is 1. The van der Waals surface area contributed by atoms with Crippen molar-refractivity contribution >= 4 is 12.9 Å². The maximum atomic E-state index is 11.8. The standard InChI is InChI=1S/C9H10BF3NO.K/c1-7-2-4-8(5-3-7)9(15)14-6-10(11,12)13;/h2-5H,6H2,1H3,(H,14,15);/q-1;+1. The molecule has 1 amide bonds. The number of amides is 1. The third kappa shape index (κ3) is 6.05. The Balaban J connectivity index is 0.00000225. The van der Waals surface area contributed by atoms with Gasteiger partial charge in [0.05, 0.1) is 0 Å². The molecular weight excluding hydrogens is 245 g/mol. The molecular formula is C9H10BF3KNO. The van der Waals surface area contributed by atoms with Crippen LogP contribution in [0.1, 0.15) is 15.9 Å². The van der Waals surface area contributed by atoms with E-state index in [1.54, 1.807) is 12.1 Å². The molecule has 0 fully saturated rings. The first-order valence-corrected chi connectivity index (χ1v) is 4.44. The number of rotatable bonds is 3. The number of carbonyl (C=O) groups is 1. The van der Waals surface area contributed by atoms with E-state index in [9.17, 15) is 17.7 Å². The Morgan fingerprint density at radius 2 is 1.75 bits per heavy atom. The molecule has 0 atom stereocenters. The van der Waals surface area contributed by atoms with Crippen molar-refractivity contribution in [2.45, 2.75) is 6.92 Å². The van der Waals surface area contributed by atoms with Crippen LogP contribution in [0.3, 0.4) is 0 Å². The second-order valence-electron chi connectivity index (χ2n) is 3.29. The predicted octanol–water partition coefficient (Wildman–Crippen LogP) is -0.885. The molecule has 1 aromatic carbocycles. The smallest absolute Gasteiger partial charge is 0.448 e. The van der Waals surface area contributed by atoms with Gasteiger partial charge in [0.1, 0.15) is 0 Å². The maximum Gasteiger partial charge on any atom is 1.00 e. The quantitative estimate of drug-likeness (QED) is 0.698. The molecule has 0 aliphatic rings. The van der Waals surface area contributed by atoms with Gasteiger partial charge in [0.25, 0.3) is 0 Å². The molecule has 1 aromatic rings. The fourth-order valence-electron chi connectivity index (χ4n) is 1.02. The van der Waals surface area contributed by atoms with Crippen LogP contribution in [0, 0.1) is 6.92 Å². The zero-order valence-corrected chi connectivity index (χ0v) is 12.3. The molecule has 82 valence electrons. The van der Waals surface area contributed by atoms with Crippen molar-refractivity contribution in [2.24, 2.45) is 0 Å². The average Bonchev–Trinajstić information content (AvgIpc) is 2.14. The van der Waals surface area contributed by atoms with Crippen molar-refractivity contribution in [2.75, 3.05) is 6.44 Å². The molecule has 0 unspecified atom stereocenters. The number of hydrogen-bond donors (Lipinski definition) is 1. The second-order valence-corrected chi connectivity index (χ2v) is 3.29. The van der Waals surface area contributed by atoms with Crippen LogP contribution in [0.4, 0.5) is 12.9 Å². The van der Waals surface area contributed by atoms with Crippen molar-refractivity contribution in [1.29, 1.82) is 0 Å². The molecule has 0 aromatic heterocycles. The summed E-state index contributed by atoms with van der Waals surface area (Å²) in [5, 5.41) is 1.82. The minimum absolute atomic E-state index is 0. The van der Waals surface area contributed by atoms with Crippen LogP contribution in [-0.4, -0.2) is 19.3 Å². The molecule has 0 saturated heterocycles. The van der Waals surface area contributed by atoms with E-state index in [0.717, 1.165) is 5.56 Å². The number of aryl methyl sites for hydroxylation is 1. The zero-order chi connectivity index (χ0) is 11.5. The van der Waals surface area contributed by atoms with E-state index in [0.29, 0.717) is 0 Å². The SMILES string of the molecule is Cc1ccc(C(=O)NC[B-](F)(F)F)cc1.[K+]. The molecule has 0 heterocycles. The van der Waals surface area contributed by atoms with Gasteiger partial charge in [-0.2, -0.15) is 0 Å². The Kier molecular flexibility index (Phi) is 6.88. The normalized spacial score (nSPS) is 10.5. The number of carbonyl (C=O) groups excluding carboxylic acids is 1. The molecule has 0 bridgehead atoms. The van der Waals surface area contributed by atoms with Gasteiger partial charge in [0.2, 0.25) is 5.91 Å². The van der Waals surface area contributed by atoms with Crippen LogP contribution in [0.15, 0.2) is 24.3 Å². The summed E-state index contributed by atoms with van der Waals surface area (Å²) in [4.78, 5) is 11.2. The van der Waals surface area contributed by atoms with Gasteiger partial charge in [-0.1, -0.05) is 17.7 Å². The Bertz CT molecular complexity index is 353. The molecule has 0 spiro atoms. The van der Waals surface area contributed by atoms with Crippen LogP contribution >= 0.6 is 0 Å². The van der Waals surface area contributed by atoms with Gasteiger partial charge in [-0.05, 0) is 25.5 Å². The van der Waals surface area contributed by atoms with Crippen molar-refractivity contribution < 1.29 is 69.1 Å². The number of benzene rings is 1. The largest absolute Gasteiger partial charge is 1.00 e. The first kappa shape index (κ1) is 16.2. The third-order valence-electron chi connectivity index (χ3n) is 1.81. The summed E-state index contributed by atoms with van der Waals surface area (Å²) in [6.45, 7) is -3.14. The Morgan fingerprint density at radius 1 is 1.25 bits per heavy atom. The number of halogens is 3. The first-order chi connectivity index (χ1) is 6.88. The minimum atomic E-state index is -4.97. The molecule has 0 saturated carbocycles. The second kappa shape index (κ2) is 6.81. The van der Waals surface area contributed by atoms with Gasteiger partial charge in [-0.3, -0.25) is 4.79 Å². The van der Waals surface area contributed by atoms with Gasteiger partial charge in [-0.15, -0.1) is 0 Å². The van der Waals surface area contributed by atoms with E-state index >= 15 is 0 Å². The number of hydrogen-bond acceptors (Lipinski definition) is 1. The Morgan fingerprint density at radius 3 is 2.19 bits per heavy atom. The molecule has 2 nitrogen and oxygen atoms in total. The van der Waals surface area contributed by atoms with Gasteiger partial charge < -0.3 is 18.3 Å². The third-order valence-corrected chi connectivity index (χ3v) is 1.81. The minimum Gasteiger partial charge on any atom is -0.448 e. The van der Waals surface area contributed by atoms with Crippen molar-refractivity contribution in [3.05, 3.63) is 35.4 Å². The van der Waals surface area contributed by atoms with E-state index in [2.05, 4.69) is 0 Å². The topological polar surface area (TPSA) is 29.1 Å². The molecule has 7 heteroatoms. The molecule has 16 heavy (non-hydrogen) atoms. The molecule has 1 rings (SSSR count). The van der Waals surface area contributed by atoms with Crippen LogP contribution in [0.5, 0.6) is 0 Å². The van der Waals surface area contributed by atoms with E-state index in [1.165, 1.54) is 12.1 Å². The van der Waals surface area contributed by atoms with Crippen molar-refractivity contribution in [1.82, 2.24) is 5.32 Å². The Hall–Kier alpha value is 0.181. The van der Waals surface area contributed by atoms with Gasteiger partial charge in [-0.25, -0.2) is 0 Å². The van der Waals surface area contributed by atoms with Gasteiger partial charge in [0.15, 0.2) is 0 Å². The van der Waals surface area contributed by atoms with Gasteiger partial charge in [0, 0.05) is 5.56 Å². The summed E-state index contributed by atoms with van der Waals surface area (Å²) in [7, 11) is 0. The van der Waals surface area contributed by atoms with Crippen LogP contribution < -0.4 is 56.7 Å². The van der Waals surface area contributed by atoms with Crippen LogP contribution in [-0.2, 0) is 0 Å². The first-order valence-electron chi connectivity index (χ1n) is 4.44. The average molecular weight is 255 g/mol. The molecule has 0 aliphatic heterocycles. The summed E-state index contributed by atoms with van der Waals surface area (Å²) < 4.78 is 35.5. The molecule has 0 aliphatic carbocycles. The van der Waals surface area contributed by atoms with E-state index in [4.69, 9.17) is 0 Å². The Labute approximate surface area is 134 Å².